The lowest BCUT2D eigenvalue weighted by atomic mass is 10.2. The second-order valence-corrected chi connectivity index (χ2v) is 6.82. The molecule has 0 bridgehead atoms. The zero-order valence-corrected chi connectivity index (χ0v) is 16.4. The average molecular weight is 393 g/mol. The lowest BCUT2D eigenvalue weighted by Crippen LogP contribution is -2.37. The van der Waals surface area contributed by atoms with Crippen LogP contribution in [0.25, 0.3) is 10.9 Å². The van der Waals surface area contributed by atoms with Gasteiger partial charge in [0.15, 0.2) is 6.10 Å². The Morgan fingerprint density at radius 2 is 1.79 bits per heavy atom. The molecule has 7 heteroatoms. The molecule has 0 saturated carbocycles. The van der Waals surface area contributed by atoms with Crippen molar-refractivity contribution in [2.75, 3.05) is 7.05 Å². The summed E-state index contributed by atoms with van der Waals surface area (Å²) >= 11 is 0. The topological polar surface area (TPSA) is 81.5 Å². The molecule has 150 valence electrons. The molecular weight excluding hydrogens is 370 g/mol. The summed E-state index contributed by atoms with van der Waals surface area (Å²) in [4.78, 5) is 42.8. The first-order valence-electron chi connectivity index (χ1n) is 9.38. The van der Waals surface area contributed by atoms with Crippen LogP contribution in [0.15, 0.2) is 65.7 Å². The third kappa shape index (κ3) is 5.07. The van der Waals surface area contributed by atoms with Crippen molar-refractivity contribution in [3.63, 3.8) is 0 Å². The zero-order chi connectivity index (χ0) is 20.8. The molecule has 1 atom stereocenters. The van der Waals surface area contributed by atoms with Gasteiger partial charge in [-0.15, -0.1) is 0 Å². The Morgan fingerprint density at radius 1 is 1.10 bits per heavy atom. The van der Waals surface area contributed by atoms with Gasteiger partial charge in [-0.1, -0.05) is 42.5 Å². The fraction of sp³-hybridized carbons (Fsp3) is 0.273. The standard InChI is InChI=1S/C22H23N3O4/c1-16(21(27)24(2)14-17-8-4-3-5-9-17)29-20(26)12-13-25-15-23-19-11-7-6-10-18(19)22(25)28/h3-11,15-16H,12-14H2,1-2H3. The fourth-order valence-electron chi connectivity index (χ4n) is 3.03. The predicted molar refractivity (Wildman–Crippen MR) is 109 cm³/mol. The molecule has 0 spiro atoms. The molecule has 0 aliphatic heterocycles. The van der Waals surface area contributed by atoms with Crippen molar-refractivity contribution in [1.82, 2.24) is 14.5 Å². The molecule has 1 amide bonds. The van der Waals surface area contributed by atoms with Gasteiger partial charge in [0.1, 0.15) is 0 Å². The molecule has 1 heterocycles. The highest BCUT2D eigenvalue weighted by Gasteiger charge is 2.21. The number of aryl methyl sites for hydroxylation is 1. The number of amides is 1. The summed E-state index contributed by atoms with van der Waals surface area (Å²) in [7, 11) is 1.67. The number of carbonyl (C=O) groups is 2. The molecule has 7 nitrogen and oxygen atoms in total. The van der Waals surface area contributed by atoms with E-state index < -0.39 is 12.1 Å². The number of likely N-dealkylation sites (N-methyl/N-ethyl adjacent to an activating group) is 1. The minimum absolute atomic E-state index is 0.0278. The van der Waals surface area contributed by atoms with Crippen LogP contribution in [0, 0.1) is 0 Å². The molecule has 0 radical (unpaired) electrons. The molecule has 0 fully saturated rings. The number of nitrogens with zero attached hydrogens (tertiary/aromatic N) is 3. The Balaban J connectivity index is 1.54. The van der Waals surface area contributed by atoms with E-state index >= 15 is 0 Å². The third-order valence-corrected chi connectivity index (χ3v) is 4.58. The summed E-state index contributed by atoms with van der Waals surface area (Å²) in [6.07, 6.45) is 0.489. The van der Waals surface area contributed by atoms with Crippen LogP contribution in [0.3, 0.4) is 0 Å². The van der Waals surface area contributed by atoms with Gasteiger partial charge in [0.05, 0.1) is 23.7 Å². The molecule has 3 rings (SSSR count). The van der Waals surface area contributed by atoms with Gasteiger partial charge in [0.25, 0.3) is 11.5 Å². The first-order chi connectivity index (χ1) is 14.0. The Labute approximate surface area is 168 Å². The number of carbonyl (C=O) groups excluding carboxylic acids is 2. The Morgan fingerprint density at radius 3 is 2.55 bits per heavy atom. The van der Waals surface area contributed by atoms with Gasteiger partial charge in [0, 0.05) is 20.1 Å². The van der Waals surface area contributed by atoms with Crippen molar-refractivity contribution < 1.29 is 14.3 Å². The summed E-state index contributed by atoms with van der Waals surface area (Å²) in [5.74, 6) is -0.828. The maximum atomic E-state index is 12.4. The van der Waals surface area contributed by atoms with E-state index in [1.165, 1.54) is 15.8 Å². The normalized spacial score (nSPS) is 11.8. The molecule has 29 heavy (non-hydrogen) atoms. The van der Waals surface area contributed by atoms with E-state index in [0.29, 0.717) is 17.4 Å². The van der Waals surface area contributed by atoms with Gasteiger partial charge in [-0.3, -0.25) is 19.0 Å². The van der Waals surface area contributed by atoms with Gasteiger partial charge < -0.3 is 9.64 Å². The first kappa shape index (κ1) is 20.3. The van der Waals surface area contributed by atoms with Crippen molar-refractivity contribution in [2.45, 2.75) is 32.5 Å². The average Bonchev–Trinajstić information content (AvgIpc) is 2.73. The molecule has 0 aliphatic carbocycles. The smallest absolute Gasteiger partial charge is 0.308 e. The molecule has 3 aromatic rings. The van der Waals surface area contributed by atoms with Crippen LogP contribution in [0.2, 0.25) is 0 Å². The predicted octanol–water partition coefficient (Wildman–Crippen LogP) is 2.38. The van der Waals surface area contributed by atoms with E-state index in [9.17, 15) is 14.4 Å². The van der Waals surface area contributed by atoms with Crippen molar-refractivity contribution in [3.05, 3.63) is 76.8 Å². The van der Waals surface area contributed by atoms with Gasteiger partial charge in [-0.25, -0.2) is 4.98 Å². The minimum Gasteiger partial charge on any atom is -0.452 e. The van der Waals surface area contributed by atoms with Crippen LogP contribution in [-0.4, -0.2) is 39.5 Å². The monoisotopic (exact) mass is 393 g/mol. The number of ether oxygens (including phenoxy) is 1. The number of hydrogen-bond acceptors (Lipinski definition) is 5. The zero-order valence-electron chi connectivity index (χ0n) is 16.4. The summed E-state index contributed by atoms with van der Waals surface area (Å²) in [6.45, 7) is 2.11. The number of hydrogen-bond donors (Lipinski definition) is 0. The number of benzene rings is 2. The summed E-state index contributed by atoms with van der Waals surface area (Å²) < 4.78 is 6.63. The van der Waals surface area contributed by atoms with Crippen LogP contribution in [-0.2, 0) is 27.4 Å². The summed E-state index contributed by atoms with van der Waals surface area (Å²) in [5, 5.41) is 0.495. The third-order valence-electron chi connectivity index (χ3n) is 4.58. The number of rotatable bonds is 7. The lowest BCUT2D eigenvalue weighted by molar-refractivity contribution is -0.158. The molecule has 0 saturated heterocycles. The van der Waals surface area contributed by atoms with Crippen LogP contribution in [0.5, 0.6) is 0 Å². The van der Waals surface area contributed by atoms with E-state index in [0.717, 1.165) is 5.56 Å². The van der Waals surface area contributed by atoms with Crippen LogP contribution in [0.1, 0.15) is 18.9 Å². The molecular formula is C22H23N3O4. The van der Waals surface area contributed by atoms with Crippen molar-refractivity contribution in [2.24, 2.45) is 0 Å². The fourth-order valence-corrected chi connectivity index (χ4v) is 3.03. The number of aromatic nitrogens is 2. The Hall–Kier alpha value is -3.48. The van der Waals surface area contributed by atoms with Gasteiger partial charge in [0.2, 0.25) is 0 Å². The summed E-state index contributed by atoms with van der Waals surface area (Å²) in [6, 6.07) is 16.6. The molecule has 1 unspecified atom stereocenters. The van der Waals surface area contributed by atoms with E-state index in [2.05, 4.69) is 4.98 Å². The van der Waals surface area contributed by atoms with E-state index in [1.54, 1.807) is 32.2 Å². The molecule has 0 N–H and O–H groups in total. The minimum atomic E-state index is -0.900. The van der Waals surface area contributed by atoms with Crippen molar-refractivity contribution in [1.29, 1.82) is 0 Å². The van der Waals surface area contributed by atoms with Crippen LogP contribution >= 0.6 is 0 Å². The van der Waals surface area contributed by atoms with Crippen LogP contribution in [0.4, 0.5) is 0 Å². The van der Waals surface area contributed by atoms with E-state index in [1.807, 2.05) is 36.4 Å². The van der Waals surface area contributed by atoms with Crippen LogP contribution < -0.4 is 5.56 Å². The first-order valence-corrected chi connectivity index (χ1v) is 9.38. The number of para-hydroxylation sites is 1. The number of fused-ring (bicyclic) bond motifs is 1. The van der Waals surface area contributed by atoms with Crippen molar-refractivity contribution in [3.8, 4) is 0 Å². The second kappa shape index (κ2) is 9.14. The highest BCUT2D eigenvalue weighted by molar-refractivity contribution is 5.83. The largest absolute Gasteiger partial charge is 0.452 e. The van der Waals surface area contributed by atoms with Gasteiger partial charge in [-0.05, 0) is 24.6 Å². The Kier molecular flexibility index (Phi) is 6.39. The second-order valence-electron chi connectivity index (χ2n) is 6.82. The maximum Gasteiger partial charge on any atom is 0.308 e. The Bertz CT molecular complexity index is 1060. The SMILES string of the molecule is CC(OC(=O)CCn1cnc2ccccc2c1=O)C(=O)N(C)Cc1ccccc1. The maximum absolute atomic E-state index is 12.4. The lowest BCUT2D eigenvalue weighted by Gasteiger charge is -2.21. The molecule has 2 aromatic carbocycles. The highest BCUT2D eigenvalue weighted by atomic mass is 16.5. The quantitative estimate of drug-likeness (QED) is 0.576. The van der Waals surface area contributed by atoms with Gasteiger partial charge >= 0.3 is 5.97 Å². The van der Waals surface area contributed by atoms with E-state index in [-0.39, 0.29) is 24.4 Å². The number of esters is 1. The van der Waals surface area contributed by atoms with E-state index in [4.69, 9.17) is 4.74 Å². The molecule has 0 aliphatic rings. The van der Waals surface area contributed by atoms with Gasteiger partial charge in [-0.2, -0.15) is 0 Å². The van der Waals surface area contributed by atoms with Crippen molar-refractivity contribution >= 4 is 22.8 Å². The molecule has 1 aromatic heterocycles. The summed E-state index contributed by atoms with van der Waals surface area (Å²) in [5.41, 5.74) is 1.39. The highest BCUT2D eigenvalue weighted by Crippen LogP contribution is 2.08.